The lowest BCUT2D eigenvalue weighted by atomic mass is 10.2. The number of aryl methyl sites for hydroxylation is 1. The van der Waals surface area contributed by atoms with E-state index in [0.717, 1.165) is 11.8 Å². The predicted octanol–water partition coefficient (Wildman–Crippen LogP) is 2.89. The second-order valence-corrected chi connectivity index (χ2v) is 3.79. The minimum Gasteiger partial charge on any atom is -0.338 e. The van der Waals surface area contributed by atoms with E-state index in [1.54, 1.807) is 10.6 Å². The highest BCUT2D eigenvalue weighted by atomic mass is 79.9. The zero-order chi connectivity index (χ0) is 10.3. The summed E-state index contributed by atoms with van der Waals surface area (Å²) in [6, 6.07) is 4.40. The van der Waals surface area contributed by atoms with Gasteiger partial charge in [-0.1, -0.05) is 0 Å². The van der Waals surface area contributed by atoms with Crippen LogP contribution in [0.4, 0.5) is 4.39 Å². The number of aldehydes is 1. The van der Waals surface area contributed by atoms with Crippen molar-refractivity contribution in [2.45, 2.75) is 0 Å². The van der Waals surface area contributed by atoms with Crippen molar-refractivity contribution in [1.82, 2.24) is 4.57 Å². The molecule has 0 saturated heterocycles. The van der Waals surface area contributed by atoms with Crippen LogP contribution in [0.25, 0.3) is 10.9 Å². The molecule has 0 radical (unpaired) electrons. The van der Waals surface area contributed by atoms with Crippen LogP contribution in [0.2, 0.25) is 0 Å². The van der Waals surface area contributed by atoms with Gasteiger partial charge >= 0.3 is 0 Å². The molecule has 0 saturated carbocycles. The molecule has 2 aromatic rings. The fourth-order valence-electron chi connectivity index (χ4n) is 1.53. The van der Waals surface area contributed by atoms with Crippen LogP contribution in [0.1, 0.15) is 10.4 Å². The number of benzene rings is 1. The number of hydrogen-bond donors (Lipinski definition) is 0. The van der Waals surface area contributed by atoms with Crippen LogP contribution in [0.5, 0.6) is 0 Å². The van der Waals surface area contributed by atoms with Crippen molar-refractivity contribution in [3.63, 3.8) is 0 Å². The van der Waals surface area contributed by atoms with E-state index in [1.165, 1.54) is 12.1 Å². The van der Waals surface area contributed by atoms with Crippen LogP contribution < -0.4 is 0 Å². The number of carbonyl (C=O) groups is 1. The second-order valence-electron chi connectivity index (χ2n) is 3.04. The average molecular weight is 256 g/mol. The van der Waals surface area contributed by atoms with E-state index in [-0.39, 0.29) is 5.82 Å². The summed E-state index contributed by atoms with van der Waals surface area (Å²) in [5.41, 5.74) is 1.32. The summed E-state index contributed by atoms with van der Waals surface area (Å²) in [6.45, 7) is 0. The molecule has 0 aliphatic rings. The molecular weight excluding hydrogens is 249 g/mol. The highest BCUT2D eigenvalue weighted by molar-refractivity contribution is 9.10. The van der Waals surface area contributed by atoms with Crippen LogP contribution in [-0.2, 0) is 7.05 Å². The minimum atomic E-state index is -0.335. The Morgan fingerprint density at radius 2 is 2.21 bits per heavy atom. The van der Waals surface area contributed by atoms with Gasteiger partial charge in [0.2, 0.25) is 0 Å². The zero-order valence-corrected chi connectivity index (χ0v) is 9.01. The Morgan fingerprint density at radius 1 is 1.50 bits per heavy atom. The molecule has 0 N–H and O–H groups in total. The summed E-state index contributed by atoms with van der Waals surface area (Å²) in [6.07, 6.45) is 0.728. The number of halogens is 2. The molecule has 1 heterocycles. The van der Waals surface area contributed by atoms with Crippen molar-refractivity contribution in [3.05, 3.63) is 34.2 Å². The quantitative estimate of drug-likeness (QED) is 0.719. The van der Waals surface area contributed by atoms with E-state index in [9.17, 15) is 9.18 Å². The highest BCUT2D eigenvalue weighted by Crippen LogP contribution is 2.28. The van der Waals surface area contributed by atoms with Gasteiger partial charge in [0.25, 0.3) is 0 Å². The normalized spacial score (nSPS) is 10.8. The summed E-state index contributed by atoms with van der Waals surface area (Å²) in [7, 11) is 1.82. The van der Waals surface area contributed by atoms with Crippen molar-refractivity contribution in [3.8, 4) is 0 Å². The molecule has 0 spiro atoms. The fourth-order valence-corrected chi connectivity index (χ4v) is 2.02. The topological polar surface area (TPSA) is 22.0 Å². The standard InChI is InChI=1S/C10H7BrFNO/c1-13-9-3-2-6(12)4-7(9)8(5-14)10(13)11/h2-5H,1H3. The molecule has 14 heavy (non-hydrogen) atoms. The Labute approximate surface area is 88.5 Å². The predicted molar refractivity (Wildman–Crippen MR) is 56.0 cm³/mol. The first kappa shape index (κ1) is 9.40. The van der Waals surface area contributed by atoms with Gasteiger partial charge in [-0.3, -0.25) is 4.79 Å². The molecule has 2 rings (SSSR count). The lowest BCUT2D eigenvalue weighted by molar-refractivity contribution is 0.112. The van der Waals surface area contributed by atoms with Gasteiger partial charge in [-0.2, -0.15) is 0 Å². The summed E-state index contributed by atoms with van der Waals surface area (Å²) < 4.78 is 15.4. The van der Waals surface area contributed by atoms with Gasteiger partial charge in [0.05, 0.1) is 10.2 Å². The zero-order valence-electron chi connectivity index (χ0n) is 7.42. The SMILES string of the molecule is Cn1c(Br)c(C=O)c2cc(F)ccc21. The monoisotopic (exact) mass is 255 g/mol. The molecule has 0 atom stereocenters. The van der Waals surface area contributed by atoms with E-state index in [4.69, 9.17) is 0 Å². The van der Waals surface area contributed by atoms with Crippen LogP contribution in [0, 0.1) is 5.82 Å². The Hall–Kier alpha value is -1.16. The third-order valence-corrected chi connectivity index (χ3v) is 3.20. The summed E-state index contributed by atoms with van der Waals surface area (Å²) in [4.78, 5) is 10.8. The largest absolute Gasteiger partial charge is 0.338 e. The van der Waals surface area contributed by atoms with Gasteiger partial charge in [-0.15, -0.1) is 0 Å². The van der Waals surface area contributed by atoms with Gasteiger partial charge < -0.3 is 4.57 Å². The number of aromatic nitrogens is 1. The fraction of sp³-hybridized carbons (Fsp3) is 0.100. The minimum absolute atomic E-state index is 0.335. The summed E-state index contributed by atoms with van der Waals surface area (Å²) >= 11 is 3.29. The van der Waals surface area contributed by atoms with Crippen LogP contribution >= 0.6 is 15.9 Å². The third-order valence-electron chi connectivity index (χ3n) is 2.24. The van der Waals surface area contributed by atoms with Crippen molar-refractivity contribution < 1.29 is 9.18 Å². The lowest BCUT2D eigenvalue weighted by Crippen LogP contribution is -1.87. The number of nitrogens with zero attached hydrogens (tertiary/aromatic N) is 1. The maximum Gasteiger partial charge on any atom is 0.153 e. The first-order valence-electron chi connectivity index (χ1n) is 4.03. The maximum atomic E-state index is 13.0. The molecule has 4 heteroatoms. The Kier molecular flexibility index (Phi) is 2.15. The Morgan fingerprint density at radius 3 is 2.86 bits per heavy atom. The van der Waals surface area contributed by atoms with E-state index < -0.39 is 0 Å². The molecule has 1 aromatic carbocycles. The first-order chi connectivity index (χ1) is 6.65. The Bertz CT molecular complexity index is 518. The van der Waals surface area contributed by atoms with Crippen molar-refractivity contribution in [2.24, 2.45) is 7.05 Å². The van der Waals surface area contributed by atoms with Crippen LogP contribution in [0.15, 0.2) is 22.8 Å². The van der Waals surface area contributed by atoms with E-state index >= 15 is 0 Å². The van der Waals surface area contributed by atoms with Crippen molar-refractivity contribution in [2.75, 3.05) is 0 Å². The highest BCUT2D eigenvalue weighted by Gasteiger charge is 2.12. The number of carbonyl (C=O) groups excluding carboxylic acids is 1. The second kappa shape index (κ2) is 3.20. The molecule has 2 nitrogen and oxygen atoms in total. The van der Waals surface area contributed by atoms with E-state index in [2.05, 4.69) is 15.9 Å². The van der Waals surface area contributed by atoms with E-state index in [0.29, 0.717) is 15.6 Å². The Balaban J connectivity index is 2.96. The number of hydrogen-bond acceptors (Lipinski definition) is 1. The lowest BCUT2D eigenvalue weighted by Gasteiger charge is -1.95. The molecular formula is C10H7BrFNO. The van der Waals surface area contributed by atoms with Gasteiger partial charge in [0.1, 0.15) is 5.82 Å². The molecule has 0 fully saturated rings. The van der Waals surface area contributed by atoms with Gasteiger partial charge in [0, 0.05) is 18.0 Å². The van der Waals surface area contributed by atoms with Crippen molar-refractivity contribution in [1.29, 1.82) is 0 Å². The van der Waals surface area contributed by atoms with Crippen molar-refractivity contribution >= 4 is 33.1 Å². The van der Waals surface area contributed by atoms with E-state index in [1.807, 2.05) is 7.05 Å². The average Bonchev–Trinajstić information content (AvgIpc) is 2.39. The molecule has 0 aliphatic heterocycles. The summed E-state index contributed by atoms with van der Waals surface area (Å²) in [5.74, 6) is -0.335. The van der Waals surface area contributed by atoms with Crippen LogP contribution in [-0.4, -0.2) is 10.9 Å². The molecule has 0 amide bonds. The molecule has 0 bridgehead atoms. The van der Waals surface area contributed by atoms with Gasteiger partial charge in [-0.05, 0) is 34.1 Å². The molecule has 72 valence electrons. The van der Waals surface area contributed by atoms with Gasteiger partial charge in [-0.25, -0.2) is 4.39 Å². The third kappa shape index (κ3) is 1.18. The number of fused-ring (bicyclic) bond motifs is 1. The first-order valence-corrected chi connectivity index (χ1v) is 4.83. The van der Waals surface area contributed by atoms with Crippen LogP contribution in [0.3, 0.4) is 0 Å². The number of rotatable bonds is 1. The smallest absolute Gasteiger partial charge is 0.153 e. The molecule has 0 unspecified atom stereocenters. The van der Waals surface area contributed by atoms with Gasteiger partial charge in [0.15, 0.2) is 6.29 Å². The summed E-state index contributed by atoms with van der Waals surface area (Å²) in [5, 5.41) is 0.634. The molecule has 1 aromatic heterocycles. The maximum absolute atomic E-state index is 13.0. The molecule has 0 aliphatic carbocycles.